The number of nitrogens with one attached hydrogen (secondary N) is 2. The van der Waals surface area contributed by atoms with Gasteiger partial charge in [0.1, 0.15) is 17.3 Å². The van der Waals surface area contributed by atoms with Crippen LogP contribution in [0.15, 0.2) is 42.5 Å². The van der Waals surface area contributed by atoms with Crippen LogP contribution in [0.2, 0.25) is 0 Å². The normalized spacial score (nSPS) is 9.96. The predicted octanol–water partition coefficient (Wildman–Crippen LogP) is 1.98. The molecule has 0 radical (unpaired) electrons. The molecule has 2 N–H and O–H groups in total. The van der Waals surface area contributed by atoms with Crippen LogP contribution in [0.4, 0.5) is 4.39 Å². The van der Waals surface area contributed by atoms with E-state index in [9.17, 15) is 14.0 Å². The molecule has 0 aliphatic carbocycles. The molecular weight excluding hydrogens is 315 g/mol. The van der Waals surface area contributed by atoms with Crippen molar-refractivity contribution < 1.29 is 23.5 Å². The van der Waals surface area contributed by atoms with Crippen LogP contribution in [0.1, 0.15) is 15.9 Å². The lowest BCUT2D eigenvalue weighted by atomic mass is 10.2. The Bertz CT molecular complexity index is 749. The fourth-order valence-corrected chi connectivity index (χ4v) is 1.94. The minimum atomic E-state index is -0.699. The highest BCUT2D eigenvalue weighted by atomic mass is 19.1. The van der Waals surface area contributed by atoms with Gasteiger partial charge in [-0.1, -0.05) is 12.1 Å². The lowest BCUT2D eigenvalue weighted by molar-refractivity contribution is -0.123. The third kappa shape index (κ3) is 4.70. The Morgan fingerprint density at radius 2 is 1.92 bits per heavy atom. The summed E-state index contributed by atoms with van der Waals surface area (Å²) in [5.41, 5.74) is 5.35. The Morgan fingerprint density at radius 1 is 1.12 bits per heavy atom. The van der Waals surface area contributed by atoms with E-state index in [2.05, 4.69) is 10.9 Å². The van der Waals surface area contributed by atoms with Crippen LogP contribution in [0, 0.1) is 12.7 Å². The van der Waals surface area contributed by atoms with Crippen molar-refractivity contribution in [3.8, 4) is 11.5 Å². The highest BCUT2D eigenvalue weighted by Crippen LogP contribution is 2.18. The minimum Gasteiger partial charge on any atom is -0.496 e. The summed E-state index contributed by atoms with van der Waals surface area (Å²) in [6.45, 7) is 1.63. The third-order valence-electron chi connectivity index (χ3n) is 3.08. The largest absolute Gasteiger partial charge is 0.496 e. The summed E-state index contributed by atoms with van der Waals surface area (Å²) in [6, 6.07) is 10.7. The van der Waals surface area contributed by atoms with E-state index in [1.165, 1.54) is 19.2 Å². The van der Waals surface area contributed by atoms with Crippen molar-refractivity contribution in [3.05, 3.63) is 59.4 Å². The number of methoxy groups -OCH3 is 1. The first-order valence-corrected chi connectivity index (χ1v) is 7.12. The lowest BCUT2D eigenvalue weighted by Gasteiger charge is -2.11. The number of halogens is 1. The Balaban J connectivity index is 1.87. The van der Waals surface area contributed by atoms with E-state index >= 15 is 0 Å². The maximum absolute atomic E-state index is 13.2. The van der Waals surface area contributed by atoms with Crippen LogP contribution in [0.5, 0.6) is 11.5 Å². The molecule has 0 fully saturated rings. The number of carbonyl (C=O) groups is 2. The molecule has 0 bridgehead atoms. The van der Waals surface area contributed by atoms with Crippen LogP contribution in [0.3, 0.4) is 0 Å². The van der Waals surface area contributed by atoms with E-state index in [0.29, 0.717) is 5.75 Å². The fraction of sp³-hybridized carbons (Fsp3) is 0.176. The smallest absolute Gasteiger partial charge is 0.276 e. The molecule has 126 valence electrons. The first-order valence-electron chi connectivity index (χ1n) is 7.12. The number of hydrazine groups is 1. The van der Waals surface area contributed by atoms with Gasteiger partial charge in [0.25, 0.3) is 11.8 Å². The van der Waals surface area contributed by atoms with Gasteiger partial charge >= 0.3 is 0 Å². The van der Waals surface area contributed by atoms with Crippen molar-refractivity contribution in [2.24, 2.45) is 0 Å². The van der Waals surface area contributed by atoms with Gasteiger partial charge in [-0.2, -0.15) is 0 Å². The molecule has 2 aromatic rings. The lowest BCUT2D eigenvalue weighted by Crippen LogP contribution is -2.44. The first-order chi connectivity index (χ1) is 11.5. The van der Waals surface area contributed by atoms with Crippen LogP contribution >= 0.6 is 0 Å². The number of rotatable bonds is 5. The molecule has 0 aliphatic rings. The first kappa shape index (κ1) is 17.3. The number of benzene rings is 2. The SMILES string of the molecule is COc1ccc(F)cc1C(=O)NNC(=O)COc1cccc(C)c1. The summed E-state index contributed by atoms with van der Waals surface area (Å²) < 4.78 is 23.5. The van der Waals surface area contributed by atoms with E-state index < -0.39 is 17.6 Å². The second kappa shape index (κ2) is 7.96. The maximum Gasteiger partial charge on any atom is 0.276 e. The molecule has 0 saturated heterocycles. The second-order valence-electron chi connectivity index (χ2n) is 4.95. The Hall–Kier alpha value is -3.09. The van der Waals surface area contributed by atoms with Gasteiger partial charge in [0.05, 0.1) is 12.7 Å². The summed E-state index contributed by atoms with van der Waals surface area (Å²) >= 11 is 0. The van der Waals surface area contributed by atoms with Crippen LogP contribution < -0.4 is 20.3 Å². The minimum absolute atomic E-state index is 0.0302. The second-order valence-corrected chi connectivity index (χ2v) is 4.95. The monoisotopic (exact) mass is 332 g/mol. The standard InChI is InChI=1S/C17H17FN2O4/c1-11-4-3-5-13(8-11)24-10-16(21)19-20-17(22)14-9-12(18)6-7-15(14)23-2/h3-9H,10H2,1-2H3,(H,19,21)(H,20,22). The van der Waals surface area contributed by atoms with E-state index in [0.717, 1.165) is 11.6 Å². The van der Waals surface area contributed by atoms with Crippen molar-refractivity contribution in [3.63, 3.8) is 0 Å². The van der Waals surface area contributed by atoms with Crippen LogP contribution in [0.25, 0.3) is 0 Å². The van der Waals surface area contributed by atoms with Crippen LogP contribution in [-0.4, -0.2) is 25.5 Å². The van der Waals surface area contributed by atoms with E-state index in [4.69, 9.17) is 9.47 Å². The zero-order valence-corrected chi connectivity index (χ0v) is 13.3. The molecule has 0 unspecified atom stereocenters. The van der Waals surface area contributed by atoms with Gasteiger partial charge in [-0.3, -0.25) is 20.4 Å². The Kier molecular flexibility index (Phi) is 5.73. The van der Waals surface area contributed by atoms with Crippen LogP contribution in [-0.2, 0) is 4.79 Å². The average Bonchev–Trinajstić information content (AvgIpc) is 2.58. The summed E-state index contributed by atoms with van der Waals surface area (Å²) in [7, 11) is 1.36. The zero-order chi connectivity index (χ0) is 17.5. The van der Waals surface area contributed by atoms with Gasteiger partial charge in [-0.05, 0) is 42.8 Å². The number of amides is 2. The molecule has 0 aromatic heterocycles. The number of hydrogen-bond acceptors (Lipinski definition) is 4. The molecule has 24 heavy (non-hydrogen) atoms. The summed E-state index contributed by atoms with van der Waals surface area (Å²) in [4.78, 5) is 23.7. The van der Waals surface area contributed by atoms with Gasteiger partial charge in [0.15, 0.2) is 6.61 Å². The Labute approximate surface area is 138 Å². The topological polar surface area (TPSA) is 76.7 Å². The number of hydrogen-bond donors (Lipinski definition) is 2. The predicted molar refractivity (Wildman–Crippen MR) is 85.2 cm³/mol. The van der Waals surface area contributed by atoms with Gasteiger partial charge in [0, 0.05) is 0 Å². The van der Waals surface area contributed by atoms with Crippen molar-refractivity contribution in [2.75, 3.05) is 13.7 Å². The van der Waals surface area contributed by atoms with Gasteiger partial charge in [-0.25, -0.2) is 4.39 Å². The van der Waals surface area contributed by atoms with Gasteiger partial charge in [0.2, 0.25) is 0 Å². The highest BCUT2D eigenvalue weighted by molar-refractivity contribution is 5.97. The maximum atomic E-state index is 13.2. The average molecular weight is 332 g/mol. The van der Waals surface area contributed by atoms with E-state index in [-0.39, 0.29) is 17.9 Å². The number of aryl methyl sites for hydroxylation is 1. The quantitative estimate of drug-likeness (QED) is 0.821. The van der Waals surface area contributed by atoms with E-state index in [1.807, 2.05) is 13.0 Å². The molecule has 0 spiro atoms. The van der Waals surface area contributed by atoms with Gasteiger partial charge < -0.3 is 9.47 Å². The molecule has 0 aliphatic heterocycles. The van der Waals surface area contributed by atoms with E-state index in [1.54, 1.807) is 18.2 Å². The summed E-state index contributed by atoms with van der Waals surface area (Å²) in [6.07, 6.45) is 0. The van der Waals surface area contributed by atoms with Crippen molar-refractivity contribution in [1.82, 2.24) is 10.9 Å². The summed E-state index contributed by atoms with van der Waals surface area (Å²) in [5.74, 6) is -1.10. The number of ether oxygens (including phenoxy) is 2. The zero-order valence-electron chi connectivity index (χ0n) is 13.3. The molecule has 0 heterocycles. The van der Waals surface area contributed by atoms with Crippen molar-refractivity contribution in [2.45, 2.75) is 6.92 Å². The third-order valence-corrected chi connectivity index (χ3v) is 3.08. The molecule has 6 nitrogen and oxygen atoms in total. The molecule has 2 rings (SSSR count). The molecule has 7 heteroatoms. The number of carbonyl (C=O) groups excluding carboxylic acids is 2. The van der Waals surface area contributed by atoms with Crippen molar-refractivity contribution in [1.29, 1.82) is 0 Å². The molecule has 0 saturated carbocycles. The molecule has 2 aromatic carbocycles. The Morgan fingerprint density at radius 3 is 2.62 bits per heavy atom. The molecular formula is C17H17FN2O4. The van der Waals surface area contributed by atoms with Crippen molar-refractivity contribution >= 4 is 11.8 Å². The molecule has 0 atom stereocenters. The summed E-state index contributed by atoms with van der Waals surface area (Å²) in [5, 5.41) is 0. The van der Waals surface area contributed by atoms with Gasteiger partial charge in [-0.15, -0.1) is 0 Å². The highest BCUT2D eigenvalue weighted by Gasteiger charge is 2.14. The molecule has 2 amide bonds. The fourth-order valence-electron chi connectivity index (χ4n) is 1.94.